The molecule has 1 aliphatic heterocycles. The van der Waals surface area contributed by atoms with Gasteiger partial charge in [-0.15, -0.1) is 0 Å². The highest BCUT2D eigenvalue weighted by Gasteiger charge is 2.26. The van der Waals surface area contributed by atoms with E-state index < -0.39 is 12.3 Å². The van der Waals surface area contributed by atoms with E-state index in [1.54, 1.807) is 6.20 Å². The summed E-state index contributed by atoms with van der Waals surface area (Å²) in [5, 5.41) is 10.6. The first-order valence-electron chi connectivity index (χ1n) is 10.9. The van der Waals surface area contributed by atoms with Crippen molar-refractivity contribution < 1.29 is 23.4 Å². The van der Waals surface area contributed by atoms with E-state index in [1.807, 2.05) is 6.20 Å². The highest BCUT2D eigenvalue weighted by atomic mass is 19.3. The number of rotatable bonds is 6. The van der Waals surface area contributed by atoms with Gasteiger partial charge in [0.05, 0.1) is 30.2 Å². The van der Waals surface area contributed by atoms with Gasteiger partial charge in [0.25, 0.3) is 0 Å². The molecule has 0 aromatic carbocycles. The van der Waals surface area contributed by atoms with E-state index in [1.165, 1.54) is 6.92 Å². The standard InChI is InChI=1S/C22H29F2N3O3/c1-13(21(23)24)10-19-25-12-18-20(27-19)17(14-2-4-15(28)5-3-14)11-26-22(18)30-16-6-8-29-9-7-16/h11-16,21,28H,2-10H2,1H3/t13-,14?,15?/m0/s1. The van der Waals surface area contributed by atoms with Crippen molar-refractivity contribution in [3.63, 3.8) is 0 Å². The first-order valence-corrected chi connectivity index (χ1v) is 10.9. The van der Waals surface area contributed by atoms with E-state index in [2.05, 4.69) is 9.97 Å². The van der Waals surface area contributed by atoms with Crippen molar-refractivity contribution >= 4 is 10.9 Å². The summed E-state index contributed by atoms with van der Waals surface area (Å²) in [7, 11) is 0. The minimum atomic E-state index is -2.41. The molecule has 0 unspecified atom stereocenters. The lowest BCUT2D eigenvalue weighted by Crippen LogP contribution is -2.26. The molecular weight excluding hydrogens is 392 g/mol. The summed E-state index contributed by atoms with van der Waals surface area (Å²) in [6, 6.07) is 0. The molecule has 2 fully saturated rings. The van der Waals surface area contributed by atoms with Crippen LogP contribution in [-0.4, -0.2) is 51.9 Å². The van der Waals surface area contributed by atoms with Crippen LogP contribution in [0.15, 0.2) is 12.4 Å². The maximum Gasteiger partial charge on any atom is 0.241 e. The number of alkyl halides is 2. The van der Waals surface area contributed by atoms with Crippen LogP contribution < -0.4 is 4.74 Å². The van der Waals surface area contributed by atoms with Crippen LogP contribution >= 0.6 is 0 Å². The number of ether oxygens (including phenoxy) is 2. The smallest absolute Gasteiger partial charge is 0.241 e. The third-order valence-corrected chi connectivity index (χ3v) is 6.18. The lowest BCUT2D eigenvalue weighted by atomic mass is 9.82. The first-order chi connectivity index (χ1) is 14.5. The van der Waals surface area contributed by atoms with E-state index >= 15 is 0 Å². The second-order valence-corrected chi connectivity index (χ2v) is 8.52. The summed E-state index contributed by atoms with van der Waals surface area (Å²) < 4.78 is 37.6. The third kappa shape index (κ3) is 4.86. The molecule has 1 saturated heterocycles. The van der Waals surface area contributed by atoms with Gasteiger partial charge in [0.15, 0.2) is 0 Å². The van der Waals surface area contributed by atoms with Gasteiger partial charge < -0.3 is 14.6 Å². The lowest BCUT2D eigenvalue weighted by molar-refractivity contribution is 0.0244. The second kappa shape index (κ2) is 9.47. The van der Waals surface area contributed by atoms with Gasteiger partial charge in [-0.1, -0.05) is 6.92 Å². The largest absolute Gasteiger partial charge is 0.474 e. The van der Waals surface area contributed by atoms with E-state index in [4.69, 9.17) is 14.5 Å². The van der Waals surface area contributed by atoms with Crippen LogP contribution in [0, 0.1) is 5.92 Å². The van der Waals surface area contributed by atoms with E-state index in [0.717, 1.165) is 55.0 Å². The summed E-state index contributed by atoms with van der Waals surface area (Å²) in [5.41, 5.74) is 1.73. The van der Waals surface area contributed by atoms with E-state index in [-0.39, 0.29) is 24.5 Å². The van der Waals surface area contributed by atoms with E-state index in [9.17, 15) is 13.9 Å². The zero-order chi connectivity index (χ0) is 21.1. The molecule has 2 aromatic rings. The molecule has 1 saturated carbocycles. The Morgan fingerprint density at radius 2 is 1.83 bits per heavy atom. The minimum Gasteiger partial charge on any atom is -0.474 e. The van der Waals surface area contributed by atoms with Gasteiger partial charge in [0.1, 0.15) is 11.9 Å². The molecule has 2 aliphatic rings. The number of fused-ring (bicyclic) bond motifs is 1. The number of aliphatic hydroxyl groups excluding tert-OH is 1. The third-order valence-electron chi connectivity index (χ3n) is 6.18. The molecule has 2 aromatic heterocycles. The van der Waals surface area contributed by atoms with E-state index in [0.29, 0.717) is 24.9 Å². The number of halogens is 2. The molecule has 3 heterocycles. The van der Waals surface area contributed by atoms with Crippen molar-refractivity contribution in [2.75, 3.05) is 13.2 Å². The maximum atomic E-state index is 13.0. The fourth-order valence-electron chi connectivity index (χ4n) is 4.26. The van der Waals surface area contributed by atoms with Crippen molar-refractivity contribution in [1.82, 2.24) is 15.0 Å². The van der Waals surface area contributed by atoms with Gasteiger partial charge in [-0.3, -0.25) is 0 Å². The Balaban J connectivity index is 1.68. The van der Waals surface area contributed by atoms with Crippen LogP contribution in [0.4, 0.5) is 8.78 Å². The Morgan fingerprint density at radius 3 is 2.53 bits per heavy atom. The predicted octanol–water partition coefficient (Wildman–Crippen LogP) is 4.04. The molecule has 0 radical (unpaired) electrons. The molecule has 30 heavy (non-hydrogen) atoms. The van der Waals surface area contributed by atoms with Crippen LogP contribution in [0.3, 0.4) is 0 Å². The van der Waals surface area contributed by atoms with Crippen molar-refractivity contribution in [3.8, 4) is 5.88 Å². The van der Waals surface area contributed by atoms with Gasteiger partial charge in [0, 0.05) is 43.1 Å². The number of hydrogen-bond donors (Lipinski definition) is 1. The molecule has 0 amide bonds. The quantitative estimate of drug-likeness (QED) is 0.758. The summed E-state index contributed by atoms with van der Waals surface area (Å²) in [5.74, 6) is 0.326. The van der Waals surface area contributed by atoms with Gasteiger partial charge in [-0.25, -0.2) is 23.7 Å². The summed E-state index contributed by atoms with van der Waals surface area (Å²) in [4.78, 5) is 13.6. The summed E-state index contributed by atoms with van der Waals surface area (Å²) in [6.45, 7) is 2.84. The first kappa shape index (κ1) is 21.3. The fourth-order valence-corrected chi connectivity index (χ4v) is 4.26. The zero-order valence-electron chi connectivity index (χ0n) is 17.3. The molecule has 164 valence electrons. The molecular formula is C22H29F2N3O3. The lowest BCUT2D eigenvalue weighted by Gasteiger charge is -2.27. The van der Waals surface area contributed by atoms with Crippen molar-refractivity contribution in [1.29, 1.82) is 0 Å². The molecule has 6 nitrogen and oxygen atoms in total. The normalized spacial score (nSPS) is 24.3. The van der Waals surface area contributed by atoms with Gasteiger partial charge in [-0.2, -0.15) is 0 Å². The second-order valence-electron chi connectivity index (χ2n) is 8.52. The number of nitrogens with zero attached hydrogens (tertiary/aromatic N) is 3. The Hall–Kier alpha value is -1.93. The number of aliphatic hydroxyl groups is 1. The van der Waals surface area contributed by atoms with Gasteiger partial charge >= 0.3 is 0 Å². The SMILES string of the molecule is C[C@@H](Cc1ncc2c(OC3CCOCC3)ncc(C3CCC(O)CC3)c2n1)C(F)F. The van der Waals surface area contributed by atoms with Crippen LogP contribution in [-0.2, 0) is 11.2 Å². The van der Waals surface area contributed by atoms with Crippen LogP contribution in [0.5, 0.6) is 5.88 Å². The maximum absolute atomic E-state index is 13.0. The molecule has 1 atom stereocenters. The highest BCUT2D eigenvalue weighted by Crippen LogP contribution is 2.38. The molecule has 8 heteroatoms. The monoisotopic (exact) mass is 421 g/mol. The molecule has 1 aliphatic carbocycles. The Labute approximate surface area is 175 Å². The number of hydrogen-bond acceptors (Lipinski definition) is 6. The molecule has 1 N–H and O–H groups in total. The Kier molecular flexibility index (Phi) is 6.73. The van der Waals surface area contributed by atoms with Crippen LogP contribution in [0.1, 0.15) is 62.8 Å². The predicted molar refractivity (Wildman–Crippen MR) is 108 cm³/mol. The zero-order valence-corrected chi connectivity index (χ0v) is 17.3. The number of aromatic nitrogens is 3. The van der Waals surface area contributed by atoms with Crippen molar-refractivity contribution in [2.45, 2.75) is 76.4 Å². The van der Waals surface area contributed by atoms with Crippen LogP contribution in [0.25, 0.3) is 10.9 Å². The average Bonchev–Trinajstić information content (AvgIpc) is 2.75. The van der Waals surface area contributed by atoms with Gasteiger partial charge in [0.2, 0.25) is 12.3 Å². The van der Waals surface area contributed by atoms with Gasteiger partial charge in [-0.05, 0) is 31.6 Å². The molecule has 4 rings (SSSR count). The summed E-state index contributed by atoms with van der Waals surface area (Å²) in [6.07, 6.45) is 5.76. The van der Waals surface area contributed by atoms with Crippen molar-refractivity contribution in [2.24, 2.45) is 5.92 Å². The van der Waals surface area contributed by atoms with Crippen LogP contribution in [0.2, 0.25) is 0 Å². The Bertz CT molecular complexity index is 853. The molecule has 0 spiro atoms. The molecule has 0 bridgehead atoms. The average molecular weight is 421 g/mol. The summed E-state index contributed by atoms with van der Waals surface area (Å²) >= 11 is 0. The highest BCUT2D eigenvalue weighted by molar-refractivity contribution is 5.85. The minimum absolute atomic E-state index is 0.0312. The number of pyridine rings is 1. The fraction of sp³-hybridized carbons (Fsp3) is 0.682. The van der Waals surface area contributed by atoms with Crippen molar-refractivity contribution in [3.05, 3.63) is 23.8 Å². The topological polar surface area (TPSA) is 77.4 Å². The Morgan fingerprint density at radius 1 is 1.10 bits per heavy atom.